The average Bonchev–Trinajstić information content (AvgIpc) is 1.67. The van der Waals surface area contributed by atoms with Crippen molar-refractivity contribution in [3.8, 4) is 0 Å². The molecule has 0 heterocycles. The van der Waals surface area contributed by atoms with E-state index in [1.807, 2.05) is 13.8 Å². The molecule has 0 bridgehead atoms. The summed E-state index contributed by atoms with van der Waals surface area (Å²) in [6.07, 6.45) is 0.751. The molecule has 1 atom stereocenters. The summed E-state index contributed by atoms with van der Waals surface area (Å²) < 4.78 is 0. The maximum atomic E-state index is 9.21. The third-order valence-corrected chi connectivity index (χ3v) is 1.25. The summed E-state index contributed by atoms with van der Waals surface area (Å²) >= 11 is 0. The summed E-state index contributed by atoms with van der Waals surface area (Å²) in [6.45, 7) is 6.52. The van der Waals surface area contributed by atoms with Gasteiger partial charge in [0.05, 0.1) is 0 Å². The molecule has 0 saturated carbocycles. The molecular formula is C6H16ClNO. The van der Waals surface area contributed by atoms with Crippen molar-refractivity contribution in [2.45, 2.75) is 32.9 Å². The van der Waals surface area contributed by atoms with Gasteiger partial charge in [-0.1, -0.05) is 13.8 Å². The van der Waals surface area contributed by atoms with Crippen LogP contribution in [0.1, 0.15) is 27.2 Å². The summed E-state index contributed by atoms with van der Waals surface area (Å²) in [6, 6.07) is 0. The summed E-state index contributed by atoms with van der Waals surface area (Å²) in [7, 11) is 0. The standard InChI is InChI=1S/C6H15NO.ClH/c1-4-6(3,8)7-5-2;/h7-8H,4-5H2,1-3H3;1H. The van der Waals surface area contributed by atoms with Crippen LogP contribution in [0.25, 0.3) is 0 Å². The minimum absolute atomic E-state index is 0. The first-order valence-corrected chi connectivity index (χ1v) is 3.09. The minimum Gasteiger partial charge on any atom is -0.376 e. The Morgan fingerprint density at radius 3 is 2.00 bits per heavy atom. The molecule has 9 heavy (non-hydrogen) atoms. The lowest BCUT2D eigenvalue weighted by molar-refractivity contribution is 0.0223. The predicted octanol–water partition coefficient (Wildman–Crippen LogP) is 1.14. The molecule has 0 rings (SSSR count). The van der Waals surface area contributed by atoms with E-state index in [-0.39, 0.29) is 12.4 Å². The molecule has 0 spiro atoms. The Morgan fingerprint density at radius 2 is 1.89 bits per heavy atom. The largest absolute Gasteiger partial charge is 0.376 e. The van der Waals surface area contributed by atoms with Crippen LogP contribution in [0.2, 0.25) is 0 Å². The van der Waals surface area contributed by atoms with Gasteiger partial charge in [-0.25, -0.2) is 0 Å². The molecule has 0 aromatic rings. The Bertz CT molecular complexity index is 66.1. The Kier molecular flexibility index (Phi) is 6.68. The van der Waals surface area contributed by atoms with Gasteiger partial charge in [-0.3, -0.25) is 5.32 Å². The van der Waals surface area contributed by atoms with E-state index in [1.54, 1.807) is 6.92 Å². The fourth-order valence-corrected chi connectivity index (χ4v) is 0.506. The van der Waals surface area contributed by atoms with Gasteiger partial charge >= 0.3 is 0 Å². The number of nitrogens with one attached hydrogen (secondary N) is 1. The smallest absolute Gasteiger partial charge is 0.112 e. The number of halogens is 1. The maximum absolute atomic E-state index is 9.21. The summed E-state index contributed by atoms with van der Waals surface area (Å²) in [5.74, 6) is 0. The van der Waals surface area contributed by atoms with Gasteiger partial charge < -0.3 is 5.11 Å². The monoisotopic (exact) mass is 153 g/mol. The number of hydrogen-bond acceptors (Lipinski definition) is 2. The van der Waals surface area contributed by atoms with E-state index in [0.29, 0.717) is 0 Å². The molecule has 0 aliphatic heterocycles. The number of aliphatic hydroxyl groups is 1. The SMILES string of the molecule is CCNC(C)(O)CC.Cl. The second-order valence-corrected chi connectivity index (χ2v) is 2.16. The lowest BCUT2D eigenvalue weighted by Crippen LogP contribution is -2.41. The Hall–Kier alpha value is 0.210. The van der Waals surface area contributed by atoms with Crippen molar-refractivity contribution in [2.24, 2.45) is 0 Å². The van der Waals surface area contributed by atoms with Crippen LogP contribution in [0.15, 0.2) is 0 Å². The number of rotatable bonds is 3. The third kappa shape index (κ3) is 6.09. The van der Waals surface area contributed by atoms with Gasteiger partial charge in [0.25, 0.3) is 0 Å². The van der Waals surface area contributed by atoms with Gasteiger partial charge in [-0.2, -0.15) is 0 Å². The zero-order valence-electron chi connectivity index (χ0n) is 6.27. The highest BCUT2D eigenvalue weighted by atomic mass is 35.5. The van der Waals surface area contributed by atoms with Crippen LogP contribution in [0.3, 0.4) is 0 Å². The molecule has 58 valence electrons. The average molecular weight is 154 g/mol. The summed E-state index contributed by atoms with van der Waals surface area (Å²) in [5.41, 5.74) is -0.658. The highest BCUT2D eigenvalue weighted by Crippen LogP contribution is 2.00. The van der Waals surface area contributed by atoms with Gasteiger partial charge in [-0.15, -0.1) is 12.4 Å². The molecule has 0 aliphatic rings. The summed E-state index contributed by atoms with van der Waals surface area (Å²) in [4.78, 5) is 0. The molecule has 1 unspecified atom stereocenters. The van der Waals surface area contributed by atoms with Crippen molar-refractivity contribution in [3.05, 3.63) is 0 Å². The Morgan fingerprint density at radius 1 is 1.44 bits per heavy atom. The highest BCUT2D eigenvalue weighted by molar-refractivity contribution is 5.85. The Balaban J connectivity index is 0. The fourth-order valence-electron chi connectivity index (χ4n) is 0.506. The van der Waals surface area contributed by atoms with Crippen molar-refractivity contribution in [3.63, 3.8) is 0 Å². The number of hydrogen-bond donors (Lipinski definition) is 2. The molecule has 3 heteroatoms. The fraction of sp³-hybridized carbons (Fsp3) is 1.00. The van der Waals surface area contributed by atoms with Crippen LogP contribution in [-0.4, -0.2) is 17.4 Å². The van der Waals surface area contributed by atoms with E-state index < -0.39 is 5.72 Å². The van der Waals surface area contributed by atoms with E-state index in [0.717, 1.165) is 13.0 Å². The maximum Gasteiger partial charge on any atom is 0.112 e. The lowest BCUT2D eigenvalue weighted by Gasteiger charge is -2.21. The summed E-state index contributed by atoms with van der Waals surface area (Å²) in [5, 5.41) is 12.1. The van der Waals surface area contributed by atoms with Crippen LogP contribution < -0.4 is 5.32 Å². The van der Waals surface area contributed by atoms with Gasteiger partial charge in [0.1, 0.15) is 5.72 Å². The molecule has 2 N–H and O–H groups in total. The normalized spacial score (nSPS) is 16.0. The second kappa shape index (κ2) is 5.03. The molecule has 0 amide bonds. The predicted molar refractivity (Wildman–Crippen MR) is 41.8 cm³/mol. The van der Waals surface area contributed by atoms with Crippen molar-refractivity contribution in [1.82, 2.24) is 5.32 Å². The van der Waals surface area contributed by atoms with Gasteiger partial charge in [0.15, 0.2) is 0 Å². The van der Waals surface area contributed by atoms with Gasteiger partial charge in [-0.05, 0) is 19.9 Å². The molecule has 0 fully saturated rings. The first kappa shape index (κ1) is 11.9. The molecule has 0 aliphatic carbocycles. The second-order valence-electron chi connectivity index (χ2n) is 2.16. The molecule has 2 nitrogen and oxygen atoms in total. The minimum atomic E-state index is -0.658. The van der Waals surface area contributed by atoms with Crippen LogP contribution in [-0.2, 0) is 0 Å². The van der Waals surface area contributed by atoms with Crippen LogP contribution in [0.5, 0.6) is 0 Å². The zero-order chi connectivity index (χ0) is 6.62. The highest BCUT2D eigenvalue weighted by Gasteiger charge is 2.13. The van der Waals surface area contributed by atoms with E-state index in [4.69, 9.17) is 0 Å². The molecule has 0 radical (unpaired) electrons. The molecular weight excluding hydrogens is 138 g/mol. The van der Waals surface area contributed by atoms with E-state index in [9.17, 15) is 5.11 Å². The van der Waals surface area contributed by atoms with E-state index in [1.165, 1.54) is 0 Å². The van der Waals surface area contributed by atoms with Crippen molar-refractivity contribution in [2.75, 3.05) is 6.54 Å². The van der Waals surface area contributed by atoms with Crippen molar-refractivity contribution >= 4 is 12.4 Å². The molecule has 0 aromatic heterocycles. The van der Waals surface area contributed by atoms with E-state index >= 15 is 0 Å². The first-order valence-electron chi connectivity index (χ1n) is 3.09. The lowest BCUT2D eigenvalue weighted by atomic mass is 10.2. The topological polar surface area (TPSA) is 32.3 Å². The van der Waals surface area contributed by atoms with Gasteiger partial charge in [0, 0.05) is 0 Å². The van der Waals surface area contributed by atoms with E-state index in [2.05, 4.69) is 5.32 Å². The quantitative estimate of drug-likeness (QED) is 0.596. The van der Waals surface area contributed by atoms with Crippen molar-refractivity contribution < 1.29 is 5.11 Å². The van der Waals surface area contributed by atoms with Crippen LogP contribution in [0, 0.1) is 0 Å². The molecule has 0 aromatic carbocycles. The van der Waals surface area contributed by atoms with Gasteiger partial charge in [0.2, 0.25) is 0 Å². The van der Waals surface area contributed by atoms with Crippen LogP contribution in [0.4, 0.5) is 0 Å². The van der Waals surface area contributed by atoms with Crippen LogP contribution >= 0.6 is 12.4 Å². The van der Waals surface area contributed by atoms with Crippen molar-refractivity contribution in [1.29, 1.82) is 0 Å². The Labute approximate surface area is 63.1 Å². The zero-order valence-corrected chi connectivity index (χ0v) is 7.09. The molecule has 0 saturated heterocycles. The first-order chi connectivity index (χ1) is 3.62. The third-order valence-electron chi connectivity index (χ3n) is 1.25.